The standard InChI is InChI=1S/C13H12S/c1-9-6-7-13-11(8-9)10-4-2-3-5-12(10)14-13/h4-8H,2-3H2,1H3/i1D3,6D,7D,8D. The highest BCUT2D eigenvalue weighted by Gasteiger charge is 2.03. The highest BCUT2D eigenvalue weighted by atomic mass is 32.1. The summed E-state index contributed by atoms with van der Waals surface area (Å²) in [4.78, 5) is 0. The molecule has 1 heteroatoms. The summed E-state index contributed by atoms with van der Waals surface area (Å²) in [6.07, 6.45) is 5.83. The predicted octanol–water partition coefficient (Wildman–Crippen LogP) is 2.56. The minimum Gasteiger partial charge on any atom is -0.136 e. The molecule has 0 spiro atoms. The van der Waals surface area contributed by atoms with Crippen LogP contribution < -0.4 is 9.75 Å². The van der Waals surface area contributed by atoms with Gasteiger partial charge in [-0.1, -0.05) is 23.8 Å². The molecule has 3 rings (SSSR count). The average Bonchev–Trinajstić information content (AvgIpc) is 2.74. The van der Waals surface area contributed by atoms with Gasteiger partial charge >= 0.3 is 0 Å². The van der Waals surface area contributed by atoms with E-state index in [1.807, 2.05) is 6.08 Å². The molecule has 14 heavy (non-hydrogen) atoms. The summed E-state index contributed by atoms with van der Waals surface area (Å²) in [6.45, 7) is -2.54. The van der Waals surface area contributed by atoms with E-state index in [0.29, 0.717) is 10.1 Å². The third-order valence-corrected chi connectivity index (χ3v) is 3.49. The summed E-state index contributed by atoms with van der Waals surface area (Å²) in [5, 5.41) is 1.38. The zero-order valence-electron chi connectivity index (χ0n) is 13.5. The largest absolute Gasteiger partial charge is 0.136 e. The Kier molecular flexibility index (Phi) is 0.886. The molecule has 0 unspecified atom stereocenters. The minimum absolute atomic E-state index is 0.0803. The van der Waals surface area contributed by atoms with Crippen molar-refractivity contribution in [2.24, 2.45) is 0 Å². The van der Waals surface area contributed by atoms with Crippen molar-refractivity contribution in [2.45, 2.75) is 19.7 Å². The minimum atomic E-state index is -2.54. The average molecular weight is 206 g/mol. The normalized spacial score (nSPS) is 21.7. The lowest BCUT2D eigenvalue weighted by atomic mass is 10.1. The molecule has 1 heterocycles. The molecule has 0 saturated carbocycles. The molecule has 1 aliphatic rings. The van der Waals surface area contributed by atoms with E-state index in [0.717, 1.165) is 22.6 Å². The number of hydrogen-bond donors (Lipinski definition) is 0. The van der Waals surface area contributed by atoms with Crippen LogP contribution in [0.3, 0.4) is 0 Å². The molecule has 1 aliphatic carbocycles. The Morgan fingerprint density at radius 2 is 2.29 bits per heavy atom. The van der Waals surface area contributed by atoms with Gasteiger partial charge in [-0.3, -0.25) is 0 Å². The molecule has 0 nitrogen and oxygen atoms in total. The Labute approximate surface area is 95.6 Å². The van der Waals surface area contributed by atoms with E-state index >= 15 is 0 Å². The van der Waals surface area contributed by atoms with Crippen molar-refractivity contribution >= 4 is 33.6 Å². The van der Waals surface area contributed by atoms with E-state index < -0.39 is 6.85 Å². The maximum Gasteiger partial charge on any atom is 0.0638 e. The SMILES string of the molecule is [2H]c1c(C([2H])([2H])[2H])c([2H])c2c3c(sc2c1[2H])=CCCC=3. The smallest absolute Gasteiger partial charge is 0.0638 e. The van der Waals surface area contributed by atoms with Gasteiger partial charge in [-0.25, -0.2) is 0 Å². The Morgan fingerprint density at radius 1 is 1.36 bits per heavy atom. The van der Waals surface area contributed by atoms with Gasteiger partial charge < -0.3 is 0 Å². The monoisotopic (exact) mass is 206 g/mol. The van der Waals surface area contributed by atoms with E-state index in [-0.39, 0.29) is 23.7 Å². The Hall–Kier alpha value is -1.08. The van der Waals surface area contributed by atoms with Gasteiger partial charge in [0.2, 0.25) is 0 Å². The van der Waals surface area contributed by atoms with E-state index in [4.69, 9.17) is 8.22 Å². The maximum atomic E-state index is 8.20. The lowest BCUT2D eigenvalue weighted by Gasteiger charge is -1.94. The number of thiophene rings is 1. The van der Waals surface area contributed by atoms with Crippen LogP contribution in [0.2, 0.25) is 0 Å². The summed E-state index contributed by atoms with van der Waals surface area (Å²) >= 11 is 1.38. The molecular formula is C13H12S. The fourth-order valence-corrected chi connectivity index (χ4v) is 2.83. The molecule has 0 radical (unpaired) electrons. The van der Waals surface area contributed by atoms with E-state index in [2.05, 4.69) is 6.08 Å². The number of fused-ring (bicyclic) bond motifs is 3. The van der Waals surface area contributed by atoms with E-state index in [1.54, 1.807) is 0 Å². The lowest BCUT2D eigenvalue weighted by Crippen LogP contribution is -2.20. The van der Waals surface area contributed by atoms with Gasteiger partial charge in [-0.05, 0) is 37.0 Å². The van der Waals surface area contributed by atoms with Crippen LogP contribution in [0.5, 0.6) is 0 Å². The fourth-order valence-electron chi connectivity index (χ4n) is 1.75. The Balaban J connectivity index is 2.59. The molecule has 0 aliphatic heterocycles. The lowest BCUT2D eigenvalue weighted by molar-refractivity contribution is 1.13. The number of hydrogen-bond acceptors (Lipinski definition) is 1. The van der Waals surface area contributed by atoms with Gasteiger partial charge in [0, 0.05) is 18.7 Å². The zero-order chi connectivity index (χ0) is 14.7. The van der Waals surface area contributed by atoms with Crippen LogP contribution in [-0.4, -0.2) is 0 Å². The summed E-state index contributed by atoms with van der Waals surface area (Å²) in [7, 11) is 0. The molecule has 0 bridgehead atoms. The third kappa shape index (κ3) is 1.12. The van der Waals surface area contributed by atoms with Crippen LogP contribution in [0.15, 0.2) is 18.1 Å². The van der Waals surface area contributed by atoms with Gasteiger partial charge in [0.15, 0.2) is 0 Å². The molecule has 70 valence electrons. The second kappa shape index (κ2) is 2.96. The molecule has 1 aromatic carbocycles. The van der Waals surface area contributed by atoms with Crippen molar-refractivity contribution in [1.29, 1.82) is 0 Å². The Morgan fingerprint density at radius 3 is 3.21 bits per heavy atom. The van der Waals surface area contributed by atoms with Crippen LogP contribution in [0.25, 0.3) is 22.2 Å². The molecule has 0 saturated heterocycles. The van der Waals surface area contributed by atoms with Crippen molar-refractivity contribution in [2.75, 3.05) is 0 Å². The third-order valence-electron chi connectivity index (χ3n) is 2.37. The van der Waals surface area contributed by atoms with Crippen molar-refractivity contribution in [3.8, 4) is 0 Å². The van der Waals surface area contributed by atoms with Crippen molar-refractivity contribution in [3.05, 3.63) is 33.4 Å². The van der Waals surface area contributed by atoms with Gasteiger partial charge in [0.1, 0.15) is 0 Å². The number of rotatable bonds is 0. The second-order valence-corrected chi connectivity index (χ2v) is 4.37. The van der Waals surface area contributed by atoms with E-state index in [9.17, 15) is 0 Å². The van der Waals surface area contributed by atoms with Crippen LogP contribution in [-0.2, 0) is 0 Å². The highest BCUT2D eigenvalue weighted by molar-refractivity contribution is 7.17. The summed E-state index contributed by atoms with van der Waals surface area (Å²) < 4.78 is 48.2. The van der Waals surface area contributed by atoms with Gasteiger partial charge in [0.05, 0.1) is 4.11 Å². The van der Waals surface area contributed by atoms with Gasteiger partial charge in [0.25, 0.3) is 0 Å². The first-order valence-electron chi connectivity index (χ1n) is 7.55. The molecular weight excluding hydrogens is 188 g/mol. The molecule has 2 aromatic rings. The van der Waals surface area contributed by atoms with Crippen molar-refractivity contribution < 1.29 is 8.22 Å². The fraction of sp³-hybridized carbons (Fsp3) is 0.231. The highest BCUT2D eigenvalue weighted by Crippen LogP contribution is 2.16. The molecule has 0 amide bonds. The van der Waals surface area contributed by atoms with Crippen LogP contribution >= 0.6 is 11.3 Å². The zero-order valence-corrected chi connectivity index (χ0v) is 8.29. The summed E-state index contributed by atoms with van der Waals surface area (Å²) in [5.41, 5.74) is -0.311. The topological polar surface area (TPSA) is 0 Å². The van der Waals surface area contributed by atoms with Crippen LogP contribution in [0.1, 0.15) is 26.6 Å². The van der Waals surface area contributed by atoms with Crippen LogP contribution in [0, 0.1) is 6.85 Å². The quantitative estimate of drug-likeness (QED) is 0.621. The number of benzene rings is 1. The predicted molar refractivity (Wildman–Crippen MR) is 64.0 cm³/mol. The molecule has 0 fully saturated rings. The second-order valence-electron chi connectivity index (χ2n) is 3.32. The summed E-state index contributed by atoms with van der Waals surface area (Å²) in [6, 6.07) is -0.547. The first kappa shape index (κ1) is 4.19. The first-order chi connectivity index (χ1) is 9.32. The molecule has 0 N–H and O–H groups in total. The van der Waals surface area contributed by atoms with Crippen LogP contribution in [0.4, 0.5) is 0 Å². The molecule has 1 aromatic heterocycles. The van der Waals surface area contributed by atoms with Gasteiger partial charge in [-0.15, -0.1) is 11.3 Å². The maximum absolute atomic E-state index is 8.20. The van der Waals surface area contributed by atoms with Crippen molar-refractivity contribution in [1.82, 2.24) is 0 Å². The van der Waals surface area contributed by atoms with Crippen molar-refractivity contribution in [3.63, 3.8) is 0 Å². The molecule has 0 atom stereocenters. The Bertz CT molecular complexity index is 828. The summed E-state index contributed by atoms with van der Waals surface area (Å²) in [5.74, 6) is 0. The van der Waals surface area contributed by atoms with E-state index in [1.165, 1.54) is 11.3 Å². The first-order valence-corrected chi connectivity index (χ1v) is 5.37. The van der Waals surface area contributed by atoms with Gasteiger partial charge in [-0.2, -0.15) is 0 Å².